The van der Waals surface area contributed by atoms with Crippen LogP contribution in [0.5, 0.6) is 0 Å². The number of nitrogens with zero attached hydrogens (tertiary/aromatic N) is 1. The maximum Gasteiger partial charge on any atom is 0.431 e. The van der Waals surface area contributed by atoms with Gasteiger partial charge in [0.25, 0.3) is 11.5 Å². The molecule has 5 nitrogen and oxygen atoms in total. The number of aromatic amines is 1. The minimum Gasteiger partial charge on any atom is -0.322 e. The van der Waals surface area contributed by atoms with Gasteiger partial charge in [-0.1, -0.05) is 12.1 Å². The fourth-order valence-corrected chi connectivity index (χ4v) is 1.81. The van der Waals surface area contributed by atoms with E-state index in [4.69, 9.17) is 5.26 Å². The highest BCUT2D eigenvalue weighted by molar-refractivity contribution is 6.03. The topological polar surface area (TPSA) is 85.8 Å². The number of hydrogen-bond acceptors (Lipinski definition) is 3. The summed E-state index contributed by atoms with van der Waals surface area (Å²) in [6, 6.07) is 9.72. The Morgan fingerprint density at radius 1 is 1.17 bits per heavy atom. The third-order valence-corrected chi connectivity index (χ3v) is 2.95. The third-order valence-electron chi connectivity index (χ3n) is 2.95. The summed E-state index contributed by atoms with van der Waals surface area (Å²) in [5.41, 5.74) is -1.67. The normalized spacial score (nSPS) is 10.9. The van der Waals surface area contributed by atoms with Crippen molar-refractivity contribution in [1.29, 1.82) is 5.26 Å². The Hall–Kier alpha value is -3.08. The van der Waals surface area contributed by atoms with E-state index in [0.29, 0.717) is 11.8 Å². The van der Waals surface area contributed by atoms with E-state index in [-0.39, 0.29) is 6.42 Å². The molecule has 1 heterocycles. The molecule has 23 heavy (non-hydrogen) atoms. The molecule has 0 fully saturated rings. The molecule has 0 atom stereocenters. The summed E-state index contributed by atoms with van der Waals surface area (Å²) in [6.07, 6.45) is -4.47. The number of nitriles is 1. The van der Waals surface area contributed by atoms with E-state index in [1.54, 1.807) is 17.1 Å². The number of carbonyl (C=O) groups excluding carboxylic acids is 1. The van der Waals surface area contributed by atoms with Gasteiger partial charge in [-0.2, -0.15) is 18.4 Å². The molecule has 8 heteroatoms. The highest BCUT2D eigenvalue weighted by atomic mass is 19.4. The molecule has 2 aromatic rings. The molecule has 0 bridgehead atoms. The highest BCUT2D eigenvalue weighted by Gasteiger charge is 2.32. The zero-order chi connectivity index (χ0) is 17.0. The van der Waals surface area contributed by atoms with E-state index in [2.05, 4.69) is 5.32 Å². The summed E-state index contributed by atoms with van der Waals surface area (Å²) in [6.45, 7) is 0. The van der Waals surface area contributed by atoms with Crippen LogP contribution in [0.15, 0.2) is 41.2 Å². The first-order valence-corrected chi connectivity index (χ1v) is 6.39. The number of hydrogen-bond donors (Lipinski definition) is 2. The van der Waals surface area contributed by atoms with Crippen LogP contribution in [0.2, 0.25) is 0 Å². The van der Waals surface area contributed by atoms with E-state index in [0.717, 1.165) is 11.6 Å². The molecule has 2 rings (SSSR count). The van der Waals surface area contributed by atoms with Gasteiger partial charge < -0.3 is 10.3 Å². The first-order valence-electron chi connectivity index (χ1n) is 6.39. The second-order valence-corrected chi connectivity index (χ2v) is 4.60. The van der Waals surface area contributed by atoms with E-state index in [9.17, 15) is 22.8 Å². The smallest absolute Gasteiger partial charge is 0.322 e. The van der Waals surface area contributed by atoms with Gasteiger partial charge in [-0.25, -0.2) is 0 Å². The lowest BCUT2D eigenvalue weighted by Gasteiger charge is -2.08. The van der Waals surface area contributed by atoms with Crippen LogP contribution < -0.4 is 10.9 Å². The van der Waals surface area contributed by atoms with Crippen molar-refractivity contribution in [2.45, 2.75) is 12.6 Å². The Morgan fingerprint density at radius 3 is 2.35 bits per heavy atom. The quantitative estimate of drug-likeness (QED) is 0.911. The van der Waals surface area contributed by atoms with Gasteiger partial charge in [0.2, 0.25) is 0 Å². The highest BCUT2D eigenvalue weighted by Crippen LogP contribution is 2.26. The Balaban J connectivity index is 2.18. The number of carbonyl (C=O) groups is 1. The van der Waals surface area contributed by atoms with Crippen molar-refractivity contribution in [3.8, 4) is 6.07 Å². The van der Waals surface area contributed by atoms with Gasteiger partial charge >= 0.3 is 6.18 Å². The number of pyridine rings is 1. The van der Waals surface area contributed by atoms with Gasteiger partial charge in [0.05, 0.1) is 12.5 Å². The van der Waals surface area contributed by atoms with Crippen LogP contribution in [-0.2, 0) is 12.6 Å². The average Bonchev–Trinajstić information content (AvgIpc) is 2.48. The van der Waals surface area contributed by atoms with Crippen molar-refractivity contribution in [3.63, 3.8) is 0 Å². The summed E-state index contributed by atoms with van der Waals surface area (Å²) >= 11 is 0. The number of H-pyrrole nitrogens is 1. The molecule has 0 saturated heterocycles. The van der Waals surface area contributed by atoms with Crippen molar-refractivity contribution in [3.05, 3.63) is 63.6 Å². The van der Waals surface area contributed by atoms with Crippen molar-refractivity contribution in [1.82, 2.24) is 4.98 Å². The lowest BCUT2D eigenvalue weighted by atomic mass is 10.1. The van der Waals surface area contributed by atoms with Gasteiger partial charge in [0.1, 0.15) is 11.3 Å². The number of alkyl halides is 3. The number of rotatable bonds is 3. The number of benzene rings is 1. The van der Waals surface area contributed by atoms with Crippen molar-refractivity contribution >= 4 is 11.6 Å². The minimum atomic E-state index is -4.69. The molecule has 0 spiro atoms. The fourth-order valence-electron chi connectivity index (χ4n) is 1.81. The number of nitrogens with one attached hydrogen (secondary N) is 2. The molecule has 0 saturated carbocycles. The standard InChI is InChI=1S/C15H10F3N3O2/c16-15(17,18)12-6-5-11(14(23)21-12)13(22)20-10-3-1-9(2-4-10)7-8-19/h1-6H,7H2,(H,20,22)(H,21,23). The molecule has 0 unspecified atom stereocenters. The van der Waals surface area contributed by atoms with Gasteiger partial charge in [-0.15, -0.1) is 0 Å². The predicted octanol–water partition coefficient (Wildman–Crippen LogP) is 2.71. The summed E-state index contributed by atoms with van der Waals surface area (Å²) in [7, 11) is 0. The first kappa shape index (κ1) is 16.3. The van der Waals surface area contributed by atoms with Gasteiger partial charge in [-0.05, 0) is 29.8 Å². The predicted molar refractivity (Wildman–Crippen MR) is 75.8 cm³/mol. The number of anilines is 1. The maximum atomic E-state index is 12.5. The van der Waals surface area contributed by atoms with Crippen molar-refractivity contribution < 1.29 is 18.0 Å². The number of amides is 1. The summed E-state index contributed by atoms with van der Waals surface area (Å²) in [5.74, 6) is -0.826. The van der Waals surface area contributed by atoms with Crippen molar-refractivity contribution in [2.24, 2.45) is 0 Å². The molecule has 0 aliphatic carbocycles. The van der Waals surface area contributed by atoms with Gasteiger partial charge in [0, 0.05) is 5.69 Å². The Labute approximate surface area is 128 Å². The molecule has 0 radical (unpaired) electrons. The summed E-state index contributed by atoms with van der Waals surface area (Å²) in [4.78, 5) is 25.2. The molecule has 2 N–H and O–H groups in total. The summed E-state index contributed by atoms with van der Waals surface area (Å²) < 4.78 is 37.4. The van der Waals surface area contributed by atoms with Crippen LogP contribution >= 0.6 is 0 Å². The monoisotopic (exact) mass is 321 g/mol. The molecule has 1 amide bonds. The molecule has 1 aromatic heterocycles. The third kappa shape index (κ3) is 3.97. The van der Waals surface area contributed by atoms with Crippen LogP contribution in [0.4, 0.5) is 18.9 Å². The largest absolute Gasteiger partial charge is 0.431 e. The zero-order valence-corrected chi connectivity index (χ0v) is 11.6. The first-order chi connectivity index (χ1) is 10.8. The summed E-state index contributed by atoms with van der Waals surface area (Å²) in [5, 5.41) is 11.0. The van der Waals surface area contributed by atoms with Crippen LogP contribution in [0.3, 0.4) is 0 Å². The second kappa shape index (κ2) is 6.36. The molecule has 0 aliphatic rings. The number of aromatic nitrogens is 1. The minimum absolute atomic E-state index is 0.215. The molecule has 0 aliphatic heterocycles. The second-order valence-electron chi connectivity index (χ2n) is 4.60. The van der Waals surface area contributed by atoms with Crippen LogP contribution in [0.1, 0.15) is 21.6 Å². The Morgan fingerprint density at radius 2 is 1.83 bits per heavy atom. The average molecular weight is 321 g/mol. The fraction of sp³-hybridized carbons (Fsp3) is 0.133. The molecule has 1 aromatic carbocycles. The van der Waals surface area contributed by atoms with Gasteiger partial charge in [-0.3, -0.25) is 9.59 Å². The van der Waals surface area contributed by atoms with E-state index < -0.39 is 28.9 Å². The Kier molecular flexibility index (Phi) is 4.50. The maximum absolute atomic E-state index is 12.5. The number of halogens is 3. The van der Waals surface area contributed by atoms with Crippen LogP contribution in [-0.4, -0.2) is 10.9 Å². The van der Waals surface area contributed by atoms with Crippen LogP contribution in [0, 0.1) is 11.3 Å². The van der Waals surface area contributed by atoms with Gasteiger partial charge in [0.15, 0.2) is 0 Å². The molecular weight excluding hydrogens is 311 g/mol. The lowest BCUT2D eigenvalue weighted by Crippen LogP contribution is -2.25. The zero-order valence-electron chi connectivity index (χ0n) is 11.6. The Bertz CT molecular complexity index is 818. The molecule has 118 valence electrons. The SMILES string of the molecule is N#CCc1ccc(NC(=O)c2ccc(C(F)(F)F)[nH]c2=O)cc1. The van der Waals surface area contributed by atoms with Crippen LogP contribution in [0.25, 0.3) is 0 Å². The lowest BCUT2D eigenvalue weighted by molar-refractivity contribution is -0.141. The van der Waals surface area contributed by atoms with Crippen molar-refractivity contribution in [2.75, 3.05) is 5.32 Å². The van der Waals surface area contributed by atoms with E-state index in [1.807, 2.05) is 6.07 Å². The van der Waals surface area contributed by atoms with E-state index in [1.165, 1.54) is 12.1 Å². The van der Waals surface area contributed by atoms with E-state index >= 15 is 0 Å². The molecular formula is C15H10F3N3O2.